The lowest BCUT2D eigenvalue weighted by Crippen LogP contribution is -2.37. The van der Waals surface area contributed by atoms with Crippen molar-refractivity contribution in [3.8, 4) is 0 Å². The topological polar surface area (TPSA) is 46.5 Å². The molecule has 0 radical (unpaired) electrons. The molecule has 0 aliphatic heterocycles. The molecule has 0 saturated heterocycles. The Labute approximate surface area is 116 Å². The van der Waals surface area contributed by atoms with Crippen LogP contribution in [-0.2, 0) is 8.91 Å². The molecule has 0 heterocycles. The molecule has 0 saturated carbocycles. The fourth-order valence-corrected chi connectivity index (χ4v) is 5.29. The van der Waals surface area contributed by atoms with Gasteiger partial charge in [0.05, 0.1) is 0 Å². The van der Waals surface area contributed by atoms with E-state index in [1.165, 1.54) is 0 Å². The van der Waals surface area contributed by atoms with E-state index < -0.39 is 15.7 Å². The van der Waals surface area contributed by atoms with Crippen molar-refractivity contribution in [2.45, 2.75) is 53.5 Å². The maximum Gasteiger partial charge on any atom is 0.331 e. The number of rotatable bonds is 5. The maximum atomic E-state index is 11.6. The molecule has 0 rings (SSSR count). The van der Waals surface area contributed by atoms with Crippen LogP contribution in [0.1, 0.15) is 48.5 Å². The monoisotopic (exact) mass is 288 g/mol. The number of carboxylic acid groups (broad SMARTS) is 1. The van der Waals surface area contributed by atoms with Gasteiger partial charge in [-0.15, -0.1) is 0 Å². The molecule has 0 spiro atoms. The number of carbonyl (C=O) groups is 1. The lowest BCUT2D eigenvalue weighted by molar-refractivity contribution is -0.134. The first kappa shape index (κ1) is 17.6. The predicted molar refractivity (Wildman–Crippen MR) is 82.6 cm³/mol. The van der Waals surface area contributed by atoms with Gasteiger partial charge in [0.2, 0.25) is 0 Å². The Morgan fingerprint density at radius 2 is 1.61 bits per heavy atom. The molecule has 0 aliphatic rings. The number of aliphatic carboxylic acids is 1. The predicted octanol–water partition coefficient (Wildman–Crippen LogP) is 1.65. The van der Waals surface area contributed by atoms with Gasteiger partial charge in [-0.25, -0.2) is 4.79 Å². The third-order valence-electron chi connectivity index (χ3n) is 3.68. The number of hydrogen-bond acceptors (Lipinski definition) is 2. The molecule has 106 valence electrons. The second-order valence-corrected chi connectivity index (χ2v) is 11.5. The molecule has 0 aromatic carbocycles. The lowest BCUT2D eigenvalue weighted by Gasteiger charge is -2.42. The minimum absolute atomic E-state index is 0.0791. The van der Waals surface area contributed by atoms with Crippen molar-refractivity contribution in [2.75, 3.05) is 0 Å². The van der Waals surface area contributed by atoms with E-state index in [1.807, 2.05) is 40.7 Å². The minimum atomic E-state index is -0.814. The summed E-state index contributed by atoms with van der Waals surface area (Å²) < 4.78 is 5.51. The average Bonchev–Trinajstić information content (AvgIpc) is 2.11. The molecule has 5 heteroatoms. The molecule has 0 aromatic heterocycles. The maximum absolute atomic E-state index is 11.6. The van der Waals surface area contributed by atoms with Crippen LogP contribution in [0.3, 0.4) is 0 Å². The highest BCUT2D eigenvalue weighted by atomic mass is 28.3. The Balaban J connectivity index is 5.64. The molecule has 0 fully saturated rings. The van der Waals surface area contributed by atoms with Crippen molar-refractivity contribution < 1.29 is 14.0 Å². The van der Waals surface area contributed by atoms with Crippen molar-refractivity contribution in [3.63, 3.8) is 0 Å². The molecule has 3 nitrogen and oxygen atoms in total. The largest absolute Gasteiger partial charge is 0.478 e. The standard InChI is InChI=1S/C13H28O3Si2/c1-11(2,3)8-9(10(14)15)12(4,5)13(6,7)18-16-17/h8H,18H2,1-7,17H3,(H,14,15). The molecule has 1 N–H and O–H groups in total. The van der Waals surface area contributed by atoms with Crippen LogP contribution in [0.15, 0.2) is 11.6 Å². The van der Waals surface area contributed by atoms with Crippen LogP contribution in [-0.4, -0.2) is 31.3 Å². The first-order valence-electron chi connectivity index (χ1n) is 6.31. The quantitative estimate of drug-likeness (QED) is 0.618. The van der Waals surface area contributed by atoms with Crippen molar-refractivity contribution in [3.05, 3.63) is 11.6 Å². The highest BCUT2D eigenvalue weighted by molar-refractivity contribution is 6.38. The zero-order valence-electron chi connectivity index (χ0n) is 13.0. The van der Waals surface area contributed by atoms with Crippen LogP contribution in [0, 0.1) is 10.8 Å². The van der Waals surface area contributed by atoms with Gasteiger partial charge in [0.15, 0.2) is 9.76 Å². The van der Waals surface area contributed by atoms with Crippen molar-refractivity contribution in [2.24, 2.45) is 10.8 Å². The highest BCUT2D eigenvalue weighted by Crippen LogP contribution is 2.50. The molecule has 0 aromatic rings. The normalized spacial score (nSPS) is 15.6. The van der Waals surface area contributed by atoms with E-state index >= 15 is 0 Å². The van der Waals surface area contributed by atoms with E-state index in [0.717, 1.165) is 10.5 Å². The van der Waals surface area contributed by atoms with Gasteiger partial charge in [0, 0.05) is 11.0 Å². The first-order valence-corrected chi connectivity index (χ1v) is 8.41. The van der Waals surface area contributed by atoms with Gasteiger partial charge in [-0.3, -0.25) is 0 Å². The van der Waals surface area contributed by atoms with E-state index in [2.05, 4.69) is 13.8 Å². The van der Waals surface area contributed by atoms with Gasteiger partial charge in [0.25, 0.3) is 0 Å². The Morgan fingerprint density at radius 3 is 1.89 bits per heavy atom. The van der Waals surface area contributed by atoms with Crippen molar-refractivity contribution >= 4 is 26.2 Å². The fraction of sp³-hybridized carbons (Fsp3) is 0.769. The fourth-order valence-electron chi connectivity index (χ4n) is 1.85. The van der Waals surface area contributed by atoms with E-state index in [1.54, 1.807) is 0 Å². The van der Waals surface area contributed by atoms with E-state index in [4.69, 9.17) is 4.12 Å². The number of hydrogen-bond donors (Lipinski definition) is 1. The second-order valence-electron chi connectivity index (χ2n) is 7.17. The summed E-state index contributed by atoms with van der Waals surface area (Å²) in [6.45, 7) is 14.4. The summed E-state index contributed by atoms with van der Waals surface area (Å²) in [5.41, 5.74) is -0.0149. The van der Waals surface area contributed by atoms with Gasteiger partial charge in [-0.2, -0.15) is 0 Å². The van der Waals surface area contributed by atoms with E-state index in [0.29, 0.717) is 5.57 Å². The zero-order chi connectivity index (χ0) is 14.8. The van der Waals surface area contributed by atoms with Crippen LogP contribution in [0.2, 0.25) is 5.04 Å². The summed E-state index contributed by atoms with van der Waals surface area (Å²) >= 11 is 0. The molecular formula is C13H28O3Si2. The van der Waals surface area contributed by atoms with Gasteiger partial charge in [0.1, 0.15) is 10.5 Å². The third-order valence-corrected chi connectivity index (χ3v) is 6.44. The van der Waals surface area contributed by atoms with Gasteiger partial charge < -0.3 is 9.22 Å². The highest BCUT2D eigenvalue weighted by Gasteiger charge is 2.43. The Bertz CT molecular complexity index is 339. The van der Waals surface area contributed by atoms with Crippen molar-refractivity contribution in [1.82, 2.24) is 0 Å². The minimum Gasteiger partial charge on any atom is -0.478 e. The summed E-state index contributed by atoms with van der Waals surface area (Å²) in [5.74, 6) is -0.814. The summed E-state index contributed by atoms with van der Waals surface area (Å²) in [5, 5.41) is 9.44. The van der Waals surface area contributed by atoms with Crippen LogP contribution in [0.5, 0.6) is 0 Å². The summed E-state index contributed by atoms with van der Waals surface area (Å²) in [7, 11) is 0.00831. The van der Waals surface area contributed by atoms with Crippen LogP contribution >= 0.6 is 0 Å². The van der Waals surface area contributed by atoms with Crippen LogP contribution < -0.4 is 0 Å². The van der Waals surface area contributed by atoms with Gasteiger partial charge in [-0.1, -0.05) is 54.5 Å². The Kier molecular flexibility index (Phi) is 5.59. The smallest absolute Gasteiger partial charge is 0.331 e. The molecule has 0 unspecified atom stereocenters. The number of carboxylic acids is 1. The molecule has 0 amide bonds. The molecule has 0 aliphatic carbocycles. The van der Waals surface area contributed by atoms with E-state index in [9.17, 15) is 9.90 Å². The molecular weight excluding hydrogens is 260 g/mol. The SMILES string of the molecule is CC(C)(C)C=C(C(=O)O)C(C)(C)C(C)(C)[SiH2]O[SiH3]. The molecule has 0 atom stereocenters. The molecule has 18 heavy (non-hydrogen) atoms. The summed E-state index contributed by atoms with van der Waals surface area (Å²) in [6, 6.07) is 0. The molecule has 0 bridgehead atoms. The lowest BCUT2D eigenvalue weighted by atomic mass is 9.71. The van der Waals surface area contributed by atoms with Crippen LogP contribution in [0.25, 0.3) is 0 Å². The van der Waals surface area contributed by atoms with Crippen molar-refractivity contribution in [1.29, 1.82) is 0 Å². The zero-order valence-corrected chi connectivity index (χ0v) is 16.5. The Hall–Kier alpha value is -0.396. The number of allylic oxidation sites excluding steroid dienone is 1. The Morgan fingerprint density at radius 1 is 1.17 bits per heavy atom. The van der Waals surface area contributed by atoms with Crippen LogP contribution in [0.4, 0.5) is 0 Å². The third kappa shape index (κ3) is 4.37. The van der Waals surface area contributed by atoms with Gasteiger partial charge >= 0.3 is 5.97 Å². The summed E-state index contributed by atoms with van der Waals surface area (Å²) in [6.07, 6.45) is 1.89. The van der Waals surface area contributed by atoms with Gasteiger partial charge in [-0.05, 0) is 10.5 Å². The average molecular weight is 289 g/mol. The van der Waals surface area contributed by atoms with E-state index in [-0.39, 0.29) is 15.9 Å². The first-order chi connectivity index (χ1) is 7.85. The summed E-state index contributed by atoms with van der Waals surface area (Å²) in [4.78, 5) is 11.6. The second kappa shape index (κ2) is 5.71.